The molecule has 0 spiro atoms. The number of hydrogen-bond donors (Lipinski definition) is 0. The van der Waals surface area contributed by atoms with Gasteiger partial charge in [0.15, 0.2) is 0 Å². The summed E-state index contributed by atoms with van der Waals surface area (Å²) in [5.41, 5.74) is 2.63. The van der Waals surface area contributed by atoms with Gasteiger partial charge in [0.1, 0.15) is 0 Å². The zero-order valence-electron chi connectivity index (χ0n) is 12.3. The minimum absolute atomic E-state index is 0.0617. The number of benzene rings is 1. The van der Waals surface area contributed by atoms with E-state index in [2.05, 4.69) is 58.9 Å². The number of ketones is 1. The van der Waals surface area contributed by atoms with Gasteiger partial charge in [-0.2, -0.15) is 0 Å². The van der Waals surface area contributed by atoms with Gasteiger partial charge in [-0.25, -0.2) is 0 Å². The molecule has 1 heterocycles. The van der Waals surface area contributed by atoms with Gasteiger partial charge in [0.2, 0.25) is 0 Å². The lowest BCUT2D eigenvalue weighted by Gasteiger charge is -2.18. The molecule has 0 atom stereocenters. The van der Waals surface area contributed by atoms with Crippen LogP contribution in [0.3, 0.4) is 0 Å². The molecular formula is C16H21O2Si+. The van der Waals surface area contributed by atoms with E-state index in [1.54, 1.807) is 0 Å². The summed E-state index contributed by atoms with van der Waals surface area (Å²) in [6, 6.07) is 8.60. The number of hydrogen-bond acceptors (Lipinski definition) is 1. The summed E-state index contributed by atoms with van der Waals surface area (Å²) in [4.78, 5) is 0. The number of carbonyl (C=O) groups excluding carboxylic acids is 1. The van der Waals surface area contributed by atoms with Crippen molar-refractivity contribution in [2.24, 2.45) is 5.92 Å². The van der Waals surface area contributed by atoms with Crippen molar-refractivity contribution in [2.75, 3.05) is 0 Å². The summed E-state index contributed by atoms with van der Waals surface area (Å²) in [7, 11) is 0.0617. The van der Waals surface area contributed by atoms with Crippen LogP contribution in [-0.2, 0) is 9.84 Å². The highest BCUT2D eigenvalue weighted by Crippen LogP contribution is 2.23. The predicted molar refractivity (Wildman–Crippen MR) is 79.2 cm³/mol. The van der Waals surface area contributed by atoms with Crippen LogP contribution in [0.25, 0.3) is 0 Å². The van der Waals surface area contributed by atoms with Gasteiger partial charge in [0.05, 0.1) is 17.4 Å². The topological polar surface area (TPSA) is 20.5 Å². The van der Waals surface area contributed by atoms with Crippen molar-refractivity contribution in [1.29, 1.82) is 0 Å². The molecule has 2 radical (unpaired) electrons. The molecule has 19 heavy (non-hydrogen) atoms. The van der Waals surface area contributed by atoms with E-state index in [0.717, 1.165) is 17.1 Å². The molecule has 100 valence electrons. The SMILES string of the molecule is CC(C)C1=CC(c2ccc(C(C)(C)C)cc2)=[O+][Si]O1. The second kappa shape index (κ2) is 5.33. The summed E-state index contributed by atoms with van der Waals surface area (Å²) in [6.45, 7) is 10.9. The Bertz CT molecular complexity index is 505. The van der Waals surface area contributed by atoms with E-state index < -0.39 is 0 Å². The van der Waals surface area contributed by atoms with E-state index in [9.17, 15) is 0 Å². The maximum atomic E-state index is 5.62. The highest BCUT2D eigenvalue weighted by Gasteiger charge is 2.28. The van der Waals surface area contributed by atoms with E-state index in [1.165, 1.54) is 5.56 Å². The van der Waals surface area contributed by atoms with Gasteiger partial charge in [-0.1, -0.05) is 46.8 Å². The average molecular weight is 273 g/mol. The second-order valence-electron chi connectivity index (χ2n) is 6.18. The van der Waals surface area contributed by atoms with Crippen molar-refractivity contribution in [2.45, 2.75) is 40.0 Å². The van der Waals surface area contributed by atoms with Gasteiger partial charge < -0.3 is 8.54 Å². The van der Waals surface area contributed by atoms with Crippen LogP contribution in [0.5, 0.6) is 0 Å². The first-order valence-electron chi connectivity index (χ1n) is 6.66. The van der Waals surface area contributed by atoms with Crippen LogP contribution in [0, 0.1) is 5.92 Å². The Balaban J connectivity index is 2.26. The lowest BCUT2D eigenvalue weighted by Crippen LogP contribution is -2.15. The lowest BCUT2D eigenvalue weighted by atomic mass is 9.86. The summed E-state index contributed by atoms with van der Waals surface area (Å²) in [5.74, 6) is 2.30. The third-order valence-electron chi connectivity index (χ3n) is 3.19. The Morgan fingerprint density at radius 2 is 1.74 bits per heavy atom. The summed E-state index contributed by atoms with van der Waals surface area (Å²) in [6.07, 6.45) is 2.01. The zero-order valence-corrected chi connectivity index (χ0v) is 13.3. The van der Waals surface area contributed by atoms with E-state index >= 15 is 0 Å². The van der Waals surface area contributed by atoms with Crippen molar-refractivity contribution >= 4 is 15.8 Å². The lowest BCUT2D eigenvalue weighted by molar-refractivity contribution is -0.108. The van der Waals surface area contributed by atoms with Crippen LogP contribution >= 0.6 is 0 Å². The monoisotopic (exact) mass is 273 g/mol. The molecule has 0 aliphatic carbocycles. The van der Waals surface area contributed by atoms with Crippen LogP contribution in [0.15, 0.2) is 36.1 Å². The minimum atomic E-state index is 0.0617. The average Bonchev–Trinajstić information content (AvgIpc) is 2.38. The van der Waals surface area contributed by atoms with Crippen LogP contribution in [-0.4, -0.2) is 15.8 Å². The molecule has 0 bridgehead atoms. The maximum Gasteiger partial charge on any atom is 1.02 e. The fourth-order valence-corrected chi connectivity index (χ4v) is 2.56. The first kappa shape index (κ1) is 14.1. The van der Waals surface area contributed by atoms with Gasteiger partial charge in [-0.05, 0) is 23.1 Å². The Morgan fingerprint density at radius 3 is 2.26 bits per heavy atom. The highest BCUT2D eigenvalue weighted by atomic mass is 28.2. The van der Waals surface area contributed by atoms with Crippen molar-refractivity contribution in [3.63, 3.8) is 0 Å². The smallest absolute Gasteiger partial charge is 0.464 e. The fourth-order valence-electron chi connectivity index (χ4n) is 1.86. The first-order valence-corrected chi connectivity index (χ1v) is 7.48. The third kappa shape index (κ3) is 3.35. The van der Waals surface area contributed by atoms with Gasteiger partial charge >= 0.3 is 15.8 Å². The number of allylic oxidation sites excluding steroid dienone is 2. The molecule has 1 aromatic rings. The molecule has 0 saturated carbocycles. The van der Waals surface area contributed by atoms with Crippen LogP contribution in [0.4, 0.5) is 0 Å². The molecule has 0 fully saturated rings. The van der Waals surface area contributed by atoms with E-state index in [0.29, 0.717) is 5.92 Å². The van der Waals surface area contributed by atoms with Crippen LogP contribution in [0.2, 0.25) is 0 Å². The van der Waals surface area contributed by atoms with Gasteiger partial charge in [0.25, 0.3) is 0 Å². The first-order chi connectivity index (χ1) is 8.88. The largest absolute Gasteiger partial charge is 1.02 e. The summed E-state index contributed by atoms with van der Waals surface area (Å²) in [5, 5.41) is 0. The van der Waals surface area contributed by atoms with E-state index in [1.807, 2.05) is 6.08 Å². The second-order valence-corrected chi connectivity index (χ2v) is 6.76. The molecule has 0 aromatic heterocycles. The predicted octanol–water partition coefficient (Wildman–Crippen LogP) is 3.81. The maximum absolute atomic E-state index is 5.62. The van der Waals surface area contributed by atoms with Crippen LogP contribution < -0.4 is 0 Å². The fraction of sp³-hybridized carbons (Fsp3) is 0.438. The number of rotatable bonds is 2. The van der Waals surface area contributed by atoms with E-state index in [-0.39, 0.29) is 15.4 Å². The molecule has 0 amide bonds. The normalized spacial score (nSPS) is 15.9. The Morgan fingerprint density at radius 1 is 1.11 bits per heavy atom. The molecule has 1 aliphatic rings. The standard InChI is InChI=1S/C16H21O2Si/c1-11(2)14-10-15(18-19-17-14)12-6-8-13(9-7-12)16(3,4)5/h6-11H,1-5H3/q+1. The van der Waals surface area contributed by atoms with Crippen LogP contribution in [0.1, 0.15) is 49.9 Å². The van der Waals surface area contributed by atoms with Crippen molar-refractivity contribution in [3.05, 3.63) is 47.2 Å². The Kier molecular flexibility index (Phi) is 3.95. The molecule has 1 aromatic carbocycles. The highest BCUT2D eigenvalue weighted by molar-refractivity contribution is 6.22. The minimum Gasteiger partial charge on any atom is -0.464 e. The molecule has 0 saturated heterocycles. The molecule has 0 unspecified atom stereocenters. The third-order valence-corrected chi connectivity index (χ3v) is 3.81. The summed E-state index contributed by atoms with van der Waals surface area (Å²) >= 11 is 0. The Labute approximate surface area is 118 Å². The molecular weight excluding hydrogens is 252 g/mol. The molecule has 2 rings (SSSR count). The zero-order chi connectivity index (χ0) is 14.0. The van der Waals surface area contributed by atoms with Crippen molar-refractivity contribution in [1.82, 2.24) is 0 Å². The molecule has 0 N–H and O–H groups in total. The quantitative estimate of drug-likeness (QED) is 0.593. The summed E-state index contributed by atoms with van der Waals surface area (Å²) < 4.78 is 11.1. The van der Waals surface area contributed by atoms with Crippen molar-refractivity contribution < 1.29 is 8.54 Å². The van der Waals surface area contributed by atoms with Gasteiger partial charge in [-0.15, -0.1) is 0 Å². The van der Waals surface area contributed by atoms with Gasteiger partial charge in [-0.3, -0.25) is 0 Å². The van der Waals surface area contributed by atoms with Gasteiger partial charge in [0, 0.05) is 5.92 Å². The van der Waals surface area contributed by atoms with Crippen molar-refractivity contribution in [3.8, 4) is 0 Å². The molecule has 2 nitrogen and oxygen atoms in total. The Hall–Kier alpha value is -1.35. The molecule has 1 aliphatic heterocycles. The molecule has 3 heteroatoms. The van der Waals surface area contributed by atoms with E-state index in [4.69, 9.17) is 8.54 Å².